The van der Waals surface area contributed by atoms with Crippen molar-refractivity contribution in [3.63, 3.8) is 0 Å². The van der Waals surface area contributed by atoms with Gasteiger partial charge in [0, 0.05) is 0 Å². The Balaban J connectivity index is 2.81. The second-order valence-corrected chi connectivity index (χ2v) is 20.7. The summed E-state index contributed by atoms with van der Waals surface area (Å²) >= 11 is -2.34. The molecular weight excluding hydrogens is 379 g/mol. The topological polar surface area (TPSA) is 26.3 Å². The van der Waals surface area contributed by atoms with Crippen molar-refractivity contribution in [3.05, 3.63) is 10.2 Å². The van der Waals surface area contributed by atoms with Gasteiger partial charge in [-0.15, -0.1) is 0 Å². The molecule has 0 aromatic rings. The van der Waals surface area contributed by atoms with E-state index in [1.54, 1.807) is 0 Å². The molecule has 0 bridgehead atoms. The number of cyclic esters (lactones) is 1. The van der Waals surface area contributed by atoms with Crippen LogP contribution in [0.1, 0.15) is 72.1 Å². The zero-order valence-corrected chi connectivity index (χ0v) is 17.9. The molecule has 1 heterocycles. The molecule has 0 amide bonds. The molecule has 1 saturated heterocycles. The SMILES string of the molecule is C=[C](CC1CCOC1=O)[Sn]([CH2]CCC)([CH2]CCC)[CH2]CCC. The van der Waals surface area contributed by atoms with Crippen LogP contribution in [0, 0.1) is 5.92 Å². The summed E-state index contributed by atoms with van der Waals surface area (Å²) in [4.78, 5) is 11.8. The minimum atomic E-state index is -2.34. The summed E-state index contributed by atoms with van der Waals surface area (Å²) in [7, 11) is 0. The summed E-state index contributed by atoms with van der Waals surface area (Å²) < 4.78 is 11.1. The van der Waals surface area contributed by atoms with E-state index < -0.39 is 18.4 Å². The number of rotatable bonds is 12. The molecule has 0 aliphatic carbocycles. The molecular formula is C19H36O2Sn. The van der Waals surface area contributed by atoms with E-state index in [0.29, 0.717) is 6.61 Å². The van der Waals surface area contributed by atoms with Crippen LogP contribution < -0.4 is 0 Å². The van der Waals surface area contributed by atoms with Crippen LogP contribution in [-0.2, 0) is 9.53 Å². The van der Waals surface area contributed by atoms with Gasteiger partial charge in [-0.05, 0) is 0 Å². The molecule has 1 aliphatic rings. The van der Waals surface area contributed by atoms with E-state index in [-0.39, 0.29) is 11.9 Å². The van der Waals surface area contributed by atoms with Crippen LogP contribution in [-0.4, -0.2) is 31.0 Å². The van der Waals surface area contributed by atoms with Gasteiger partial charge in [0.2, 0.25) is 0 Å². The number of carbonyl (C=O) groups is 1. The Morgan fingerprint density at radius 3 is 1.95 bits per heavy atom. The van der Waals surface area contributed by atoms with E-state index in [1.807, 2.05) is 0 Å². The molecule has 128 valence electrons. The fourth-order valence-electron chi connectivity index (χ4n) is 3.69. The van der Waals surface area contributed by atoms with Crippen molar-refractivity contribution in [2.24, 2.45) is 5.92 Å². The number of allylic oxidation sites excluding steroid dienone is 1. The van der Waals surface area contributed by atoms with Gasteiger partial charge in [0.15, 0.2) is 0 Å². The Hall–Kier alpha value is 0.00870. The Morgan fingerprint density at radius 2 is 1.59 bits per heavy atom. The first kappa shape index (κ1) is 20.1. The number of esters is 1. The van der Waals surface area contributed by atoms with E-state index in [1.165, 1.54) is 55.4 Å². The summed E-state index contributed by atoms with van der Waals surface area (Å²) in [6, 6.07) is 0. The van der Waals surface area contributed by atoms with E-state index in [9.17, 15) is 4.79 Å². The van der Waals surface area contributed by atoms with Gasteiger partial charge in [-0.25, -0.2) is 0 Å². The van der Waals surface area contributed by atoms with E-state index in [0.717, 1.165) is 12.8 Å². The van der Waals surface area contributed by atoms with E-state index >= 15 is 0 Å². The maximum atomic E-state index is 11.8. The van der Waals surface area contributed by atoms with Crippen molar-refractivity contribution in [3.8, 4) is 0 Å². The zero-order chi connectivity index (χ0) is 16.4. The third-order valence-electron chi connectivity index (χ3n) is 5.31. The van der Waals surface area contributed by atoms with Crippen molar-refractivity contribution in [2.45, 2.75) is 85.4 Å². The summed E-state index contributed by atoms with van der Waals surface area (Å²) in [6.07, 6.45) is 9.79. The van der Waals surface area contributed by atoms with Crippen LogP contribution in [0.3, 0.4) is 0 Å². The van der Waals surface area contributed by atoms with Crippen LogP contribution in [0.15, 0.2) is 10.2 Å². The maximum absolute atomic E-state index is 11.8. The molecule has 1 fully saturated rings. The van der Waals surface area contributed by atoms with Gasteiger partial charge in [-0.3, -0.25) is 0 Å². The van der Waals surface area contributed by atoms with Crippen LogP contribution >= 0.6 is 0 Å². The van der Waals surface area contributed by atoms with Crippen molar-refractivity contribution >= 4 is 24.3 Å². The fourth-order valence-corrected chi connectivity index (χ4v) is 19.6. The molecule has 0 radical (unpaired) electrons. The molecule has 3 heteroatoms. The average molecular weight is 415 g/mol. The molecule has 0 saturated carbocycles. The number of hydrogen-bond donors (Lipinski definition) is 0. The molecule has 1 rings (SSSR count). The van der Waals surface area contributed by atoms with Gasteiger partial charge in [-0.1, -0.05) is 0 Å². The van der Waals surface area contributed by atoms with Gasteiger partial charge in [-0.2, -0.15) is 0 Å². The number of unbranched alkanes of at least 4 members (excludes halogenated alkanes) is 3. The van der Waals surface area contributed by atoms with Crippen molar-refractivity contribution in [1.29, 1.82) is 0 Å². The van der Waals surface area contributed by atoms with Crippen LogP contribution in [0.25, 0.3) is 0 Å². The first-order chi connectivity index (χ1) is 10.6. The summed E-state index contributed by atoms with van der Waals surface area (Å²) in [5, 5.41) is 0. The van der Waals surface area contributed by atoms with Gasteiger partial charge in [0.25, 0.3) is 0 Å². The van der Waals surface area contributed by atoms with Crippen molar-refractivity contribution in [1.82, 2.24) is 0 Å². The third kappa shape index (κ3) is 5.90. The van der Waals surface area contributed by atoms with Crippen LogP contribution in [0.5, 0.6) is 0 Å². The van der Waals surface area contributed by atoms with Crippen LogP contribution in [0.2, 0.25) is 13.3 Å². The predicted octanol–water partition coefficient (Wildman–Crippen LogP) is 5.88. The number of hydrogen-bond acceptors (Lipinski definition) is 2. The molecule has 0 spiro atoms. The second kappa shape index (κ2) is 10.7. The standard InChI is InChI=1S/C7H9O2.3C4H9.Sn/c1-2-3-6-4-5-9-7(6)8;3*1-3-4-2;/h6H,1,3-5H2;3*1,3-4H2,2H3;. The Kier molecular flexibility index (Phi) is 9.77. The summed E-state index contributed by atoms with van der Waals surface area (Å²) in [5.41, 5.74) is 0. The number of ether oxygens (including phenoxy) is 1. The Bertz CT molecular complexity index is 330. The molecule has 0 aromatic carbocycles. The molecule has 1 atom stereocenters. The molecule has 2 nitrogen and oxygen atoms in total. The van der Waals surface area contributed by atoms with E-state index in [2.05, 4.69) is 27.4 Å². The van der Waals surface area contributed by atoms with Gasteiger partial charge in [0.05, 0.1) is 0 Å². The van der Waals surface area contributed by atoms with Crippen LogP contribution in [0.4, 0.5) is 0 Å². The molecule has 0 aromatic heterocycles. The second-order valence-electron chi connectivity index (χ2n) is 7.05. The monoisotopic (exact) mass is 416 g/mol. The van der Waals surface area contributed by atoms with Gasteiger partial charge >= 0.3 is 142 Å². The molecule has 22 heavy (non-hydrogen) atoms. The predicted molar refractivity (Wildman–Crippen MR) is 97.7 cm³/mol. The Labute approximate surface area is 142 Å². The van der Waals surface area contributed by atoms with Crippen molar-refractivity contribution in [2.75, 3.05) is 6.61 Å². The third-order valence-corrected chi connectivity index (χ3v) is 21.4. The molecule has 1 aliphatic heterocycles. The summed E-state index contributed by atoms with van der Waals surface area (Å²) in [5.74, 6) is 0.149. The van der Waals surface area contributed by atoms with Crippen molar-refractivity contribution < 1.29 is 9.53 Å². The fraction of sp³-hybridized carbons (Fsp3) is 0.842. The quantitative estimate of drug-likeness (QED) is 0.294. The van der Waals surface area contributed by atoms with Gasteiger partial charge in [0.1, 0.15) is 0 Å². The normalized spacial score (nSPS) is 18.5. The molecule has 0 N–H and O–H groups in total. The zero-order valence-electron chi connectivity index (χ0n) is 15.1. The minimum absolute atomic E-state index is 0.0304. The Morgan fingerprint density at radius 1 is 1.09 bits per heavy atom. The first-order valence-corrected chi connectivity index (χ1v) is 16.9. The van der Waals surface area contributed by atoms with Gasteiger partial charge < -0.3 is 0 Å². The number of carbonyl (C=O) groups excluding carboxylic acids is 1. The molecule has 1 unspecified atom stereocenters. The van der Waals surface area contributed by atoms with E-state index in [4.69, 9.17) is 4.74 Å². The summed E-state index contributed by atoms with van der Waals surface area (Å²) in [6.45, 7) is 12.1. The first-order valence-electron chi connectivity index (χ1n) is 9.44. The average Bonchev–Trinajstić information content (AvgIpc) is 2.92.